The van der Waals surface area contributed by atoms with E-state index in [1.54, 1.807) is 6.07 Å². The Kier molecular flexibility index (Phi) is 6.38. The second-order valence-electron chi connectivity index (χ2n) is 9.92. The Hall–Kier alpha value is -2.66. The molecule has 1 aliphatic carbocycles. The minimum absolute atomic E-state index is 0.0478. The van der Waals surface area contributed by atoms with E-state index < -0.39 is 34.1 Å². The van der Waals surface area contributed by atoms with Crippen LogP contribution in [0.1, 0.15) is 36.7 Å². The molecule has 1 amide bonds. The van der Waals surface area contributed by atoms with E-state index in [4.69, 9.17) is 0 Å². The van der Waals surface area contributed by atoms with E-state index in [0.29, 0.717) is 10.6 Å². The second kappa shape index (κ2) is 8.77. The average molecular weight is 511 g/mol. The maximum Gasteiger partial charge on any atom is 0.414 e. The molecule has 0 radical (unpaired) electrons. The van der Waals surface area contributed by atoms with Gasteiger partial charge in [0.1, 0.15) is 0 Å². The highest BCUT2D eigenvalue weighted by atomic mass is 32.2. The third-order valence-corrected chi connectivity index (χ3v) is 8.36. The van der Waals surface area contributed by atoms with Crippen molar-refractivity contribution in [2.45, 2.75) is 43.9 Å². The molecule has 1 N–H and O–H groups in total. The number of hydrogen-bond acceptors (Lipinski definition) is 5. The summed E-state index contributed by atoms with van der Waals surface area (Å²) in [6, 6.07) is 8.81. The highest BCUT2D eigenvalue weighted by Gasteiger charge is 2.49. The number of carbonyl (C=O) groups excluding carboxylic acids is 1. The van der Waals surface area contributed by atoms with E-state index in [-0.39, 0.29) is 30.2 Å². The Morgan fingerprint density at radius 1 is 1.20 bits per heavy atom. The molecule has 0 spiro atoms. The molecule has 35 heavy (non-hydrogen) atoms. The smallest absolute Gasteiger partial charge is 0.380 e. The molecule has 2 heterocycles. The SMILES string of the molecule is CN(C(=O)C1CN(S(C)(=O)=O)C1)[C@@H](c1ccc(NC2Cc3ccccc3C2(C)C)cn1)C(F)(F)F. The summed E-state index contributed by atoms with van der Waals surface area (Å²) in [4.78, 5) is 17.4. The third-order valence-electron chi connectivity index (χ3n) is 7.13. The number of fused-ring (bicyclic) bond motifs is 1. The molecule has 2 atom stereocenters. The highest BCUT2D eigenvalue weighted by Crippen LogP contribution is 2.41. The topological polar surface area (TPSA) is 82.6 Å². The standard InChI is InChI=1S/C24H29F3N4O3S/c1-23(2)18-8-6-5-7-15(18)11-20(23)29-17-9-10-19(28-12-17)21(24(25,26)27)30(3)22(32)16-13-31(14-16)35(4,33)34/h5-10,12,16,20-21,29H,11,13-14H2,1-4H3/t20?,21-/m0/s1. The first-order chi connectivity index (χ1) is 16.2. The molecule has 2 aliphatic rings. The number of hydrogen-bond donors (Lipinski definition) is 1. The third kappa shape index (κ3) is 4.88. The normalized spacial score (nSPS) is 21.2. The largest absolute Gasteiger partial charge is 0.414 e. The summed E-state index contributed by atoms with van der Waals surface area (Å²) in [5.41, 5.74) is 2.61. The number of nitrogens with zero attached hydrogens (tertiary/aromatic N) is 3. The fourth-order valence-corrected chi connectivity index (χ4v) is 5.84. The van der Waals surface area contributed by atoms with Crippen molar-refractivity contribution in [3.8, 4) is 0 Å². The van der Waals surface area contributed by atoms with Gasteiger partial charge in [-0.2, -0.15) is 13.2 Å². The molecular formula is C24H29F3N4O3S. The van der Waals surface area contributed by atoms with Gasteiger partial charge in [0.2, 0.25) is 15.9 Å². The molecule has 190 valence electrons. The van der Waals surface area contributed by atoms with E-state index in [1.807, 2.05) is 12.1 Å². The van der Waals surface area contributed by atoms with Crippen LogP contribution in [0, 0.1) is 5.92 Å². The van der Waals surface area contributed by atoms with Gasteiger partial charge in [-0.05, 0) is 29.7 Å². The predicted octanol–water partition coefficient (Wildman–Crippen LogP) is 3.35. The fourth-order valence-electron chi connectivity index (χ4n) is 4.94. The Morgan fingerprint density at radius 3 is 2.40 bits per heavy atom. The number of pyridine rings is 1. The van der Waals surface area contributed by atoms with Crippen molar-refractivity contribution in [2.75, 3.05) is 31.7 Å². The van der Waals surface area contributed by atoms with Crippen LogP contribution in [0.2, 0.25) is 0 Å². The maximum absolute atomic E-state index is 14.0. The predicted molar refractivity (Wildman–Crippen MR) is 126 cm³/mol. The maximum atomic E-state index is 14.0. The molecule has 7 nitrogen and oxygen atoms in total. The molecule has 1 fully saturated rings. The summed E-state index contributed by atoms with van der Waals surface area (Å²) in [6.45, 7) is 4.01. The van der Waals surface area contributed by atoms with Crippen LogP contribution in [-0.4, -0.2) is 67.1 Å². The lowest BCUT2D eigenvalue weighted by Crippen LogP contribution is -2.56. The molecule has 1 unspecified atom stereocenters. The van der Waals surface area contributed by atoms with Crippen molar-refractivity contribution in [3.05, 3.63) is 59.4 Å². The number of benzene rings is 1. The molecule has 11 heteroatoms. The van der Waals surface area contributed by atoms with Gasteiger partial charge in [-0.1, -0.05) is 38.1 Å². The lowest BCUT2D eigenvalue weighted by molar-refractivity contribution is -0.192. The number of amides is 1. The molecule has 0 bridgehead atoms. The number of rotatable bonds is 6. The number of alkyl halides is 3. The number of sulfonamides is 1. The average Bonchev–Trinajstić information content (AvgIpc) is 2.96. The van der Waals surface area contributed by atoms with Crippen molar-refractivity contribution in [1.82, 2.24) is 14.2 Å². The van der Waals surface area contributed by atoms with E-state index in [2.05, 4.69) is 36.3 Å². The Bertz CT molecular complexity index is 1210. The summed E-state index contributed by atoms with van der Waals surface area (Å²) in [6.07, 6.45) is -1.60. The van der Waals surface area contributed by atoms with Crippen LogP contribution < -0.4 is 5.32 Å². The number of anilines is 1. The van der Waals surface area contributed by atoms with Crippen LogP contribution in [0.3, 0.4) is 0 Å². The number of carbonyl (C=O) groups is 1. The van der Waals surface area contributed by atoms with Gasteiger partial charge in [-0.15, -0.1) is 0 Å². The summed E-state index contributed by atoms with van der Waals surface area (Å²) in [5, 5.41) is 3.40. The van der Waals surface area contributed by atoms with Crippen molar-refractivity contribution in [2.24, 2.45) is 5.92 Å². The van der Waals surface area contributed by atoms with E-state index >= 15 is 0 Å². The first-order valence-corrected chi connectivity index (χ1v) is 13.1. The molecule has 2 aromatic rings. The molecule has 1 aromatic heterocycles. The van der Waals surface area contributed by atoms with Crippen LogP contribution in [-0.2, 0) is 26.7 Å². The number of aromatic nitrogens is 1. The number of halogens is 3. The van der Waals surface area contributed by atoms with E-state index in [0.717, 1.165) is 24.0 Å². The van der Waals surface area contributed by atoms with Crippen LogP contribution in [0.15, 0.2) is 42.6 Å². The minimum atomic E-state index is -4.75. The zero-order valence-electron chi connectivity index (χ0n) is 20.0. The lowest BCUT2D eigenvalue weighted by atomic mass is 9.83. The van der Waals surface area contributed by atoms with Crippen molar-refractivity contribution in [3.63, 3.8) is 0 Å². The van der Waals surface area contributed by atoms with Crippen LogP contribution in [0.4, 0.5) is 18.9 Å². The monoisotopic (exact) mass is 510 g/mol. The van der Waals surface area contributed by atoms with E-state index in [9.17, 15) is 26.4 Å². The Morgan fingerprint density at radius 2 is 1.86 bits per heavy atom. The zero-order chi connectivity index (χ0) is 25.8. The second-order valence-corrected chi connectivity index (χ2v) is 11.9. The van der Waals surface area contributed by atoms with Crippen molar-refractivity contribution in [1.29, 1.82) is 0 Å². The summed E-state index contributed by atoms with van der Waals surface area (Å²) < 4.78 is 66.1. The lowest BCUT2D eigenvalue weighted by Gasteiger charge is -2.40. The molecule has 1 aliphatic heterocycles. The van der Waals surface area contributed by atoms with Gasteiger partial charge in [0.15, 0.2) is 6.04 Å². The van der Waals surface area contributed by atoms with Crippen molar-refractivity contribution < 1.29 is 26.4 Å². The first-order valence-electron chi connectivity index (χ1n) is 11.3. The molecule has 1 aromatic carbocycles. The van der Waals surface area contributed by atoms with E-state index in [1.165, 1.54) is 23.4 Å². The van der Waals surface area contributed by atoms with Gasteiger partial charge < -0.3 is 10.2 Å². The van der Waals surface area contributed by atoms with Gasteiger partial charge in [0.25, 0.3) is 0 Å². The van der Waals surface area contributed by atoms with Gasteiger partial charge in [0, 0.05) is 31.6 Å². The van der Waals surface area contributed by atoms with Crippen LogP contribution in [0.25, 0.3) is 0 Å². The van der Waals surface area contributed by atoms with Gasteiger partial charge >= 0.3 is 6.18 Å². The molecular weight excluding hydrogens is 481 g/mol. The van der Waals surface area contributed by atoms with Crippen LogP contribution in [0.5, 0.6) is 0 Å². The van der Waals surface area contributed by atoms with Gasteiger partial charge in [-0.3, -0.25) is 9.78 Å². The molecule has 1 saturated heterocycles. The minimum Gasteiger partial charge on any atom is -0.380 e. The number of nitrogens with one attached hydrogen (secondary N) is 1. The van der Waals surface area contributed by atoms with Crippen molar-refractivity contribution >= 4 is 21.6 Å². The Labute approximate surface area is 203 Å². The quantitative estimate of drug-likeness (QED) is 0.645. The fraction of sp³-hybridized carbons (Fsp3) is 0.500. The Balaban J connectivity index is 1.48. The zero-order valence-corrected chi connectivity index (χ0v) is 20.8. The van der Waals surface area contributed by atoms with Crippen LogP contribution >= 0.6 is 0 Å². The first kappa shape index (κ1) is 25.4. The summed E-state index contributed by atoms with van der Waals surface area (Å²) in [7, 11) is -2.40. The summed E-state index contributed by atoms with van der Waals surface area (Å²) >= 11 is 0. The molecule has 4 rings (SSSR count). The van der Waals surface area contributed by atoms with Gasteiger partial charge in [0.05, 0.1) is 29.8 Å². The highest BCUT2D eigenvalue weighted by molar-refractivity contribution is 7.88. The molecule has 0 saturated carbocycles. The summed E-state index contributed by atoms with van der Waals surface area (Å²) in [5.74, 6) is -1.58. The van der Waals surface area contributed by atoms with Gasteiger partial charge in [-0.25, -0.2) is 12.7 Å².